The van der Waals surface area contributed by atoms with Crippen LogP contribution in [0.1, 0.15) is 24.8 Å². The Kier molecular flexibility index (Phi) is 6.02. The number of carbonyl (C=O) groups is 1. The van der Waals surface area contributed by atoms with Crippen LogP contribution in [-0.4, -0.2) is 36.8 Å². The van der Waals surface area contributed by atoms with Crippen LogP contribution in [-0.2, 0) is 16.0 Å². The van der Waals surface area contributed by atoms with Gasteiger partial charge in [-0.1, -0.05) is 12.1 Å². The molecule has 1 saturated carbocycles. The zero-order valence-corrected chi connectivity index (χ0v) is 12.3. The van der Waals surface area contributed by atoms with E-state index in [1.165, 1.54) is 12.8 Å². The van der Waals surface area contributed by atoms with E-state index in [9.17, 15) is 9.90 Å². The Labute approximate surface area is 125 Å². The smallest absolute Gasteiger partial charge is 0.237 e. The number of aromatic hydroxyl groups is 1. The van der Waals surface area contributed by atoms with E-state index in [0.29, 0.717) is 19.6 Å². The molecule has 5 heteroatoms. The van der Waals surface area contributed by atoms with Gasteiger partial charge >= 0.3 is 0 Å². The molecule has 1 unspecified atom stereocenters. The van der Waals surface area contributed by atoms with Gasteiger partial charge in [0.2, 0.25) is 5.91 Å². The SMILES string of the molecule is NC(Cc1ccc(O)cc1)C(=O)NCCCOCC1CC1. The second-order valence-corrected chi connectivity index (χ2v) is 5.64. The highest BCUT2D eigenvalue weighted by molar-refractivity contribution is 5.81. The molecule has 0 radical (unpaired) electrons. The van der Waals surface area contributed by atoms with Crippen LogP contribution >= 0.6 is 0 Å². The molecule has 0 heterocycles. The van der Waals surface area contributed by atoms with E-state index in [1.807, 2.05) is 0 Å². The highest BCUT2D eigenvalue weighted by Gasteiger charge is 2.20. The molecule has 4 N–H and O–H groups in total. The molecule has 0 bridgehead atoms. The van der Waals surface area contributed by atoms with Gasteiger partial charge in [0.05, 0.1) is 6.04 Å². The van der Waals surface area contributed by atoms with Crippen LogP contribution in [0.4, 0.5) is 0 Å². The van der Waals surface area contributed by atoms with Crippen molar-refractivity contribution in [3.8, 4) is 5.75 Å². The Morgan fingerprint density at radius 1 is 1.38 bits per heavy atom. The molecule has 0 saturated heterocycles. The number of rotatable bonds is 9. The van der Waals surface area contributed by atoms with Crippen LogP contribution < -0.4 is 11.1 Å². The van der Waals surface area contributed by atoms with E-state index in [2.05, 4.69) is 5.32 Å². The van der Waals surface area contributed by atoms with Gasteiger partial charge in [-0.3, -0.25) is 4.79 Å². The van der Waals surface area contributed by atoms with E-state index in [1.54, 1.807) is 24.3 Å². The van der Waals surface area contributed by atoms with Gasteiger partial charge < -0.3 is 20.9 Å². The molecule has 21 heavy (non-hydrogen) atoms. The van der Waals surface area contributed by atoms with Crippen LogP contribution in [0.3, 0.4) is 0 Å². The van der Waals surface area contributed by atoms with E-state index in [4.69, 9.17) is 10.5 Å². The molecule has 1 atom stereocenters. The van der Waals surface area contributed by atoms with E-state index >= 15 is 0 Å². The fraction of sp³-hybridized carbons (Fsp3) is 0.562. The van der Waals surface area contributed by atoms with Crippen molar-refractivity contribution >= 4 is 5.91 Å². The first-order valence-corrected chi connectivity index (χ1v) is 7.54. The molecule has 0 aliphatic heterocycles. The van der Waals surface area contributed by atoms with Crippen molar-refractivity contribution in [2.24, 2.45) is 11.7 Å². The number of carbonyl (C=O) groups excluding carboxylic acids is 1. The first kappa shape index (κ1) is 15.8. The fourth-order valence-electron chi connectivity index (χ4n) is 2.03. The van der Waals surface area contributed by atoms with Gasteiger partial charge in [-0.2, -0.15) is 0 Å². The van der Waals surface area contributed by atoms with Crippen molar-refractivity contribution in [1.29, 1.82) is 0 Å². The molecule has 116 valence electrons. The van der Waals surface area contributed by atoms with E-state index in [0.717, 1.165) is 24.5 Å². The zero-order chi connectivity index (χ0) is 15.1. The van der Waals surface area contributed by atoms with Crippen molar-refractivity contribution in [2.75, 3.05) is 19.8 Å². The number of amides is 1. The lowest BCUT2D eigenvalue weighted by Gasteiger charge is -2.12. The van der Waals surface area contributed by atoms with E-state index < -0.39 is 6.04 Å². The Balaban J connectivity index is 1.57. The van der Waals surface area contributed by atoms with Gasteiger partial charge in [0, 0.05) is 19.8 Å². The fourth-order valence-corrected chi connectivity index (χ4v) is 2.03. The predicted octanol–water partition coefficient (Wildman–Crippen LogP) is 1.19. The first-order valence-electron chi connectivity index (χ1n) is 7.54. The number of phenols is 1. The van der Waals surface area contributed by atoms with Gasteiger partial charge in [0.1, 0.15) is 5.75 Å². The summed E-state index contributed by atoms with van der Waals surface area (Å²) >= 11 is 0. The van der Waals surface area contributed by atoms with Gasteiger partial charge in [-0.05, 0) is 49.3 Å². The van der Waals surface area contributed by atoms with E-state index in [-0.39, 0.29) is 11.7 Å². The summed E-state index contributed by atoms with van der Waals surface area (Å²) in [6.45, 7) is 2.13. The monoisotopic (exact) mass is 292 g/mol. The number of nitrogens with two attached hydrogens (primary N) is 1. The minimum Gasteiger partial charge on any atom is -0.508 e. The second-order valence-electron chi connectivity index (χ2n) is 5.64. The predicted molar refractivity (Wildman–Crippen MR) is 81.0 cm³/mol. The average Bonchev–Trinajstić information content (AvgIpc) is 3.29. The molecule has 1 aromatic rings. The van der Waals surface area contributed by atoms with Crippen molar-refractivity contribution in [2.45, 2.75) is 31.7 Å². The van der Waals surface area contributed by atoms with Crippen LogP contribution in [0.25, 0.3) is 0 Å². The van der Waals surface area contributed by atoms with Gasteiger partial charge in [-0.25, -0.2) is 0 Å². The molecule has 1 aliphatic rings. The number of ether oxygens (including phenoxy) is 1. The quantitative estimate of drug-likeness (QED) is 0.597. The lowest BCUT2D eigenvalue weighted by Crippen LogP contribution is -2.42. The molecule has 2 rings (SSSR count). The van der Waals surface area contributed by atoms with Crippen molar-refractivity contribution in [3.05, 3.63) is 29.8 Å². The molecule has 0 aromatic heterocycles. The Bertz CT molecular complexity index is 443. The van der Waals surface area contributed by atoms with Gasteiger partial charge in [0.15, 0.2) is 0 Å². The summed E-state index contributed by atoms with van der Waals surface area (Å²) in [5, 5.41) is 12.0. The average molecular weight is 292 g/mol. The molecule has 5 nitrogen and oxygen atoms in total. The summed E-state index contributed by atoms with van der Waals surface area (Å²) in [4.78, 5) is 11.8. The molecule has 1 amide bonds. The lowest BCUT2D eigenvalue weighted by molar-refractivity contribution is -0.122. The highest BCUT2D eigenvalue weighted by Crippen LogP contribution is 2.28. The van der Waals surface area contributed by atoms with Crippen molar-refractivity contribution in [1.82, 2.24) is 5.32 Å². The molecule has 0 spiro atoms. The van der Waals surface area contributed by atoms with Crippen LogP contribution in [0.2, 0.25) is 0 Å². The minimum absolute atomic E-state index is 0.148. The number of hydrogen-bond acceptors (Lipinski definition) is 4. The summed E-state index contributed by atoms with van der Waals surface area (Å²) in [6, 6.07) is 6.17. The summed E-state index contributed by atoms with van der Waals surface area (Å²) in [5.41, 5.74) is 6.80. The molecule has 1 aromatic carbocycles. The standard InChI is InChI=1S/C16H24N2O3/c17-15(10-12-4-6-14(19)7-5-12)16(20)18-8-1-9-21-11-13-2-3-13/h4-7,13,15,19H,1-3,8-11,17H2,(H,18,20). The molecular formula is C16H24N2O3. The summed E-state index contributed by atoms with van der Waals surface area (Å²) in [6.07, 6.45) is 3.86. The van der Waals surface area contributed by atoms with Crippen LogP contribution in [0.5, 0.6) is 5.75 Å². The maximum Gasteiger partial charge on any atom is 0.237 e. The molecule has 1 fully saturated rings. The topological polar surface area (TPSA) is 84.6 Å². The maximum absolute atomic E-state index is 11.8. The van der Waals surface area contributed by atoms with Crippen molar-refractivity contribution in [3.63, 3.8) is 0 Å². The van der Waals surface area contributed by atoms with Crippen molar-refractivity contribution < 1.29 is 14.6 Å². The third-order valence-corrected chi connectivity index (χ3v) is 3.54. The maximum atomic E-state index is 11.8. The second kappa shape index (κ2) is 8.00. The number of benzene rings is 1. The van der Waals surface area contributed by atoms with Crippen LogP contribution in [0, 0.1) is 5.92 Å². The molecule has 1 aliphatic carbocycles. The minimum atomic E-state index is -0.568. The Hall–Kier alpha value is -1.59. The normalized spacial score (nSPS) is 15.7. The first-order chi connectivity index (χ1) is 10.1. The third kappa shape index (κ3) is 6.14. The number of nitrogens with one attached hydrogen (secondary N) is 1. The largest absolute Gasteiger partial charge is 0.508 e. The molecular weight excluding hydrogens is 268 g/mol. The summed E-state index contributed by atoms with van der Waals surface area (Å²) in [7, 11) is 0. The zero-order valence-electron chi connectivity index (χ0n) is 12.3. The third-order valence-electron chi connectivity index (χ3n) is 3.54. The van der Waals surface area contributed by atoms with Gasteiger partial charge in [-0.15, -0.1) is 0 Å². The Morgan fingerprint density at radius 2 is 2.10 bits per heavy atom. The number of hydrogen-bond donors (Lipinski definition) is 3. The van der Waals surface area contributed by atoms with Gasteiger partial charge in [0.25, 0.3) is 0 Å². The summed E-state index contributed by atoms with van der Waals surface area (Å²) < 4.78 is 5.50. The Morgan fingerprint density at radius 3 is 2.76 bits per heavy atom. The lowest BCUT2D eigenvalue weighted by atomic mass is 10.1. The summed E-state index contributed by atoms with van der Waals surface area (Å²) in [5.74, 6) is 0.839. The highest BCUT2D eigenvalue weighted by atomic mass is 16.5. The van der Waals surface area contributed by atoms with Crippen LogP contribution in [0.15, 0.2) is 24.3 Å². The number of phenolic OH excluding ortho intramolecular Hbond substituents is 1.